The van der Waals surface area contributed by atoms with Gasteiger partial charge in [-0.1, -0.05) is 52.4 Å². The number of ketones is 1. The molecule has 0 aliphatic rings. The van der Waals surface area contributed by atoms with Gasteiger partial charge in [0.2, 0.25) is 0 Å². The summed E-state index contributed by atoms with van der Waals surface area (Å²) < 4.78 is 0. The maximum atomic E-state index is 11.4. The Labute approximate surface area is 117 Å². The molecule has 0 saturated carbocycles. The lowest BCUT2D eigenvalue weighted by Gasteiger charge is -2.03. The van der Waals surface area contributed by atoms with Gasteiger partial charge in [0.05, 0.1) is 0 Å². The van der Waals surface area contributed by atoms with E-state index in [0.29, 0.717) is 19.3 Å². The Morgan fingerprint density at radius 3 is 2.11 bits per heavy atom. The van der Waals surface area contributed by atoms with Crippen molar-refractivity contribution < 1.29 is 14.7 Å². The van der Waals surface area contributed by atoms with Crippen molar-refractivity contribution in [1.29, 1.82) is 0 Å². The third kappa shape index (κ3) is 10.5. The summed E-state index contributed by atoms with van der Waals surface area (Å²) in [5, 5.41) is 9.03. The Bertz CT molecular complexity index is 292. The number of hydrogen-bond acceptors (Lipinski definition) is 2. The second-order valence-corrected chi connectivity index (χ2v) is 4.92. The highest BCUT2D eigenvalue weighted by molar-refractivity contribution is 5.98. The third-order valence-electron chi connectivity index (χ3n) is 3.08. The van der Waals surface area contributed by atoms with Crippen LogP contribution in [0.4, 0.5) is 0 Å². The number of rotatable bonds is 12. The molecule has 0 aromatic carbocycles. The van der Waals surface area contributed by atoms with Crippen LogP contribution in [0.15, 0.2) is 11.6 Å². The van der Waals surface area contributed by atoms with Crippen molar-refractivity contribution in [3.05, 3.63) is 18.6 Å². The zero-order chi connectivity index (χ0) is 14.5. The minimum Gasteiger partial charge on any atom is -0.478 e. The molecule has 0 fully saturated rings. The van der Waals surface area contributed by atoms with Gasteiger partial charge in [-0.2, -0.15) is 0 Å². The number of carbonyl (C=O) groups excluding carboxylic acids is 1. The number of carbonyl (C=O) groups is 2. The first-order valence-corrected chi connectivity index (χ1v) is 7.37. The van der Waals surface area contributed by atoms with E-state index < -0.39 is 5.97 Å². The van der Waals surface area contributed by atoms with Gasteiger partial charge < -0.3 is 5.11 Å². The maximum Gasteiger partial charge on any atom is 0.331 e. The molecule has 0 unspecified atom stereocenters. The van der Waals surface area contributed by atoms with Crippen LogP contribution in [-0.4, -0.2) is 16.9 Å². The molecule has 0 aliphatic heterocycles. The standard InChI is InChI=1S/C16H27O3/c1-3-5-6-7-8-9-10-12-14(16(18)19)13-15(17)11-4-2/h13H,2-12H2,1H3,(H,18,19). The van der Waals surface area contributed by atoms with Crippen molar-refractivity contribution in [3.8, 4) is 0 Å². The molecule has 0 heterocycles. The highest BCUT2D eigenvalue weighted by Gasteiger charge is 2.09. The van der Waals surface area contributed by atoms with Gasteiger partial charge in [-0.05, 0) is 25.3 Å². The fraction of sp³-hybridized carbons (Fsp3) is 0.688. The monoisotopic (exact) mass is 267 g/mol. The van der Waals surface area contributed by atoms with Crippen LogP contribution in [-0.2, 0) is 9.59 Å². The molecule has 3 nitrogen and oxygen atoms in total. The molecular weight excluding hydrogens is 240 g/mol. The topological polar surface area (TPSA) is 54.4 Å². The summed E-state index contributed by atoms with van der Waals surface area (Å²) >= 11 is 0. The lowest BCUT2D eigenvalue weighted by Crippen LogP contribution is -2.04. The van der Waals surface area contributed by atoms with E-state index in [1.54, 1.807) is 0 Å². The quantitative estimate of drug-likeness (QED) is 0.423. The lowest BCUT2D eigenvalue weighted by atomic mass is 10.0. The molecule has 0 saturated heterocycles. The van der Waals surface area contributed by atoms with E-state index in [-0.39, 0.29) is 11.4 Å². The van der Waals surface area contributed by atoms with Crippen LogP contribution in [0.2, 0.25) is 0 Å². The van der Waals surface area contributed by atoms with E-state index in [2.05, 4.69) is 13.8 Å². The molecule has 0 aromatic heterocycles. The van der Waals surface area contributed by atoms with Gasteiger partial charge in [-0.25, -0.2) is 4.79 Å². The summed E-state index contributed by atoms with van der Waals surface area (Å²) in [6, 6.07) is 0. The summed E-state index contributed by atoms with van der Waals surface area (Å²) in [5.41, 5.74) is 0.243. The van der Waals surface area contributed by atoms with E-state index in [1.807, 2.05) is 0 Å². The Balaban J connectivity index is 3.90. The predicted molar refractivity (Wildman–Crippen MR) is 77.9 cm³/mol. The van der Waals surface area contributed by atoms with Crippen LogP contribution >= 0.6 is 0 Å². The van der Waals surface area contributed by atoms with Crippen molar-refractivity contribution in [3.63, 3.8) is 0 Å². The van der Waals surface area contributed by atoms with Crippen LogP contribution < -0.4 is 0 Å². The average Bonchev–Trinajstić information content (AvgIpc) is 2.36. The summed E-state index contributed by atoms with van der Waals surface area (Å²) in [6.45, 7) is 5.78. The Morgan fingerprint density at radius 1 is 1.00 bits per heavy atom. The van der Waals surface area contributed by atoms with E-state index in [9.17, 15) is 9.59 Å². The molecule has 1 radical (unpaired) electrons. The maximum absolute atomic E-state index is 11.4. The van der Waals surface area contributed by atoms with E-state index in [0.717, 1.165) is 19.3 Å². The van der Waals surface area contributed by atoms with E-state index in [4.69, 9.17) is 5.11 Å². The fourth-order valence-electron chi connectivity index (χ4n) is 1.95. The molecule has 3 heteroatoms. The minimum atomic E-state index is -0.969. The van der Waals surface area contributed by atoms with Gasteiger partial charge >= 0.3 is 5.97 Å². The molecule has 0 amide bonds. The third-order valence-corrected chi connectivity index (χ3v) is 3.08. The molecule has 109 valence electrons. The van der Waals surface area contributed by atoms with Crippen LogP contribution in [0.1, 0.15) is 71.1 Å². The van der Waals surface area contributed by atoms with Gasteiger partial charge in [0.15, 0.2) is 5.78 Å². The first kappa shape index (κ1) is 17.9. The van der Waals surface area contributed by atoms with Crippen molar-refractivity contribution in [2.24, 2.45) is 0 Å². The van der Waals surface area contributed by atoms with Crippen LogP contribution in [0.3, 0.4) is 0 Å². The average molecular weight is 267 g/mol. The van der Waals surface area contributed by atoms with Gasteiger partial charge in [0.25, 0.3) is 0 Å². The number of carboxylic acids is 1. The molecule has 1 N–H and O–H groups in total. The first-order chi connectivity index (χ1) is 9.11. The largest absolute Gasteiger partial charge is 0.478 e. The molecular formula is C16H27O3. The van der Waals surface area contributed by atoms with Crippen LogP contribution in [0, 0.1) is 6.92 Å². The molecule has 0 rings (SSSR count). The molecule has 0 bridgehead atoms. The van der Waals surface area contributed by atoms with Crippen molar-refractivity contribution >= 4 is 11.8 Å². The summed E-state index contributed by atoms with van der Waals surface area (Å²) in [7, 11) is 0. The first-order valence-electron chi connectivity index (χ1n) is 7.37. The Hall–Kier alpha value is -1.12. The summed E-state index contributed by atoms with van der Waals surface area (Å²) in [6.07, 6.45) is 10.7. The van der Waals surface area contributed by atoms with Crippen molar-refractivity contribution in [2.75, 3.05) is 0 Å². The van der Waals surface area contributed by atoms with Crippen LogP contribution in [0.25, 0.3) is 0 Å². The van der Waals surface area contributed by atoms with Gasteiger partial charge in [0.1, 0.15) is 0 Å². The van der Waals surface area contributed by atoms with E-state index in [1.165, 1.54) is 31.8 Å². The van der Waals surface area contributed by atoms with E-state index >= 15 is 0 Å². The Kier molecular flexibility index (Phi) is 11.2. The normalized spacial score (nSPS) is 11.6. The van der Waals surface area contributed by atoms with Crippen molar-refractivity contribution in [2.45, 2.75) is 71.1 Å². The molecule has 19 heavy (non-hydrogen) atoms. The Morgan fingerprint density at radius 2 is 1.58 bits per heavy atom. The molecule has 0 atom stereocenters. The highest BCUT2D eigenvalue weighted by Crippen LogP contribution is 2.13. The van der Waals surface area contributed by atoms with Gasteiger partial charge in [0, 0.05) is 12.0 Å². The zero-order valence-corrected chi connectivity index (χ0v) is 12.1. The van der Waals surface area contributed by atoms with Crippen molar-refractivity contribution in [1.82, 2.24) is 0 Å². The minimum absolute atomic E-state index is 0.129. The number of carboxylic acid groups (broad SMARTS) is 1. The highest BCUT2D eigenvalue weighted by atomic mass is 16.4. The zero-order valence-electron chi connectivity index (χ0n) is 12.1. The van der Waals surface area contributed by atoms with Gasteiger partial charge in [-0.15, -0.1) is 0 Å². The second-order valence-electron chi connectivity index (χ2n) is 4.92. The SMILES string of the molecule is [CH2]CCC(=O)C=C(CCCCCCCCC)C(=O)O. The number of allylic oxidation sites excluding steroid dienone is 1. The van der Waals surface area contributed by atoms with Crippen LogP contribution in [0.5, 0.6) is 0 Å². The summed E-state index contributed by atoms with van der Waals surface area (Å²) in [5.74, 6) is -1.10. The predicted octanol–water partition coefficient (Wildman–Crippen LogP) is 4.32. The molecule has 0 aliphatic carbocycles. The number of unbranched alkanes of at least 4 members (excludes halogenated alkanes) is 6. The smallest absolute Gasteiger partial charge is 0.331 e. The summed E-state index contributed by atoms with van der Waals surface area (Å²) in [4.78, 5) is 22.4. The fourth-order valence-corrected chi connectivity index (χ4v) is 1.95. The molecule has 0 aromatic rings. The molecule has 0 spiro atoms. The van der Waals surface area contributed by atoms with Gasteiger partial charge in [-0.3, -0.25) is 4.79 Å². The number of hydrogen-bond donors (Lipinski definition) is 1. The number of aliphatic carboxylic acids is 1. The lowest BCUT2D eigenvalue weighted by molar-refractivity contribution is -0.133. The second kappa shape index (κ2) is 11.9.